The Morgan fingerprint density at radius 1 is 1.08 bits per heavy atom. The molecule has 6 atom stereocenters. The van der Waals surface area contributed by atoms with Crippen LogP contribution in [0.15, 0.2) is 48.5 Å². The predicted molar refractivity (Wildman–Crippen MR) is 145 cm³/mol. The van der Waals surface area contributed by atoms with Gasteiger partial charge in [-0.1, -0.05) is 64.1 Å². The summed E-state index contributed by atoms with van der Waals surface area (Å²) in [6.45, 7) is 13.1. The monoisotopic (exact) mass is 506 g/mol. The van der Waals surface area contributed by atoms with Crippen molar-refractivity contribution in [2.75, 3.05) is 18.4 Å². The molecule has 0 spiro atoms. The molecule has 6 unspecified atom stereocenters. The molecule has 2 heterocycles. The molecule has 3 fully saturated rings. The summed E-state index contributed by atoms with van der Waals surface area (Å²) in [5, 5.41) is 12.4. The molecule has 1 aliphatic carbocycles. The normalized spacial score (nSPS) is 33.3. The average Bonchev–Trinajstić information content (AvgIpc) is 3.07. The molecule has 1 saturated carbocycles. The molecule has 0 radical (unpaired) electrons. The molecule has 2 bridgehead atoms. The maximum absolute atomic E-state index is 11.6. The van der Waals surface area contributed by atoms with Gasteiger partial charge in [0.2, 0.25) is 5.91 Å². The van der Waals surface area contributed by atoms with Crippen molar-refractivity contribution in [3.63, 3.8) is 0 Å². The largest absolute Gasteiger partial charge is 0.392 e. The number of carbonyl (C=O) groups is 1. The van der Waals surface area contributed by atoms with Gasteiger partial charge in [0.25, 0.3) is 0 Å². The lowest BCUT2D eigenvalue weighted by Gasteiger charge is -2.43. The molecule has 5 rings (SSSR count). The molecule has 6 nitrogen and oxygen atoms in total. The fraction of sp³-hybridized carbons (Fsp3) is 0.581. The first-order valence-electron chi connectivity index (χ1n) is 13.7. The van der Waals surface area contributed by atoms with Gasteiger partial charge in [0.1, 0.15) is 0 Å². The lowest BCUT2D eigenvalue weighted by molar-refractivity contribution is -0.276. The van der Waals surface area contributed by atoms with Crippen LogP contribution in [-0.4, -0.2) is 41.1 Å². The van der Waals surface area contributed by atoms with Crippen LogP contribution in [0.4, 0.5) is 5.69 Å². The van der Waals surface area contributed by atoms with E-state index in [0.717, 1.165) is 35.5 Å². The standard InChI is InChI=1S/C31H42N2O4/c1-20-27(16-33-19-31(5)15-26(33)14-30(3,4)18-31)36-29(24-7-6-8-25(13-24)32-21(2)35)37-28(20)23-11-9-22(17-34)10-12-23/h6-13,20,26-29,34H,14-19H2,1-5H3,(H,32,35). The van der Waals surface area contributed by atoms with E-state index < -0.39 is 6.29 Å². The molecule has 200 valence electrons. The quantitative estimate of drug-likeness (QED) is 0.516. The van der Waals surface area contributed by atoms with Gasteiger partial charge >= 0.3 is 0 Å². The number of ether oxygens (including phenoxy) is 2. The zero-order valence-corrected chi connectivity index (χ0v) is 22.9. The third-order valence-electron chi connectivity index (χ3n) is 8.54. The first-order chi connectivity index (χ1) is 17.5. The number of aliphatic hydroxyl groups excluding tert-OH is 1. The number of hydrogen-bond donors (Lipinski definition) is 2. The smallest absolute Gasteiger partial charge is 0.221 e. The molecule has 2 aromatic carbocycles. The van der Waals surface area contributed by atoms with Crippen molar-refractivity contribution in [1.82, 2.24) is 4.90 Å². The molecule has 0 aromatic heterocycles. The molecule has 2 N–H and O–H groups in total. The Labute approximate surface area is 221 Å². The van der Waals surface area contributed by atoms with E-state index >= 15 is 0 Å². The van der Waals surface area contributed by atoms with E-state index in [0.29, 0.717) is 16.9 Å². The maximum Gasteiger partial charge on any atom is 0.221 e. The highest BCUT2D eigenvalue weighted by atomic mass is 16.7. The molecule has 2 aliphatic heterocycles. The number of benzene rings is 2. The van der Waals surface area contributed by atoms with E-state index in [2.05, 4.69) is 50.0 Å². The van der Waals surface area contributed by atoms with Crippen molar-refractivity contribution in [2.24, 2.45) is 16.7 Å². The second kappa shape index (κ2) is 10.1. The third kappa shape index (κ3) is 5.78. The molecular weight excluding hydrogens is 464 g/mol. The second-order valence-electron chi connectivity index (χ2n) is 12.8. The number of rotatable bonds is 6. The number of anilines is 1. The van der Waals surface area contributed by atoms with Crippen molar-refractivity contribution in [3.8, 4) is 0 Å². The maximum atomic E-state index is 11.6. The Morgan fingerprint density at radius 3 is 2.54 bits per heavy atom. The van der Waals surface area contributed by atoms with Crippen LogP contribution < -0.4 is 5.32 Å². The van der Waals surface area contributed by atoms with Gasteiger partial charge in [0.05, 0.1) is 18.8 Å². The Morgan fingerprint density at radius 2 is 1.84 bits per heavy atom. The van der Waals surface area contributed by atoms with E-state index in [1.54, 1.807) is 0 Å². The number of amides is 1. The number of carbonyl (C=O) groups excluding carboxylic acids is 1. The SMILES string of the molecule is CC(=O)Nc1cccc(C2OC(CN3CC4(C)CC3CC(C)(C)C4)C(C)C(c3ccc(CO)cc3)O2)c1. The van der Waals surface area contributed by atoms with Crippen molar-refractivity contribution >= 4 is 11.6 Å². The molecule has 6 heteroatoms. The van der Waals surface area contributed by atoms with Crippen molar-refractivity contribution in [2.45, 2.75) is 85.0 Å². The number of hydrogen-bond acceptors (Lipinski definition) is 5. The number of fused-ring (bicyclic) bond motifs is 2. The van der Waals surface area contributed by atoms with E-state index in [-0.39, 0.29) is 30.6 Å². The van der Waals surface area contributed by atoms with Crippen LogP contribution in [0.2, 0.25) is 0 Å². The summed E-state index contributed by atoms with van der Waals surface area (Å²) in [6, 6.07) is 16.4. The van der Waals surface area contributed by atoms with E-state index in [9.17, 15) is 9.90 Å². The number of nitrogens with one attached hydrogen (secondary N) is 1. The van der Waals surface area contributed by atoms with Crippen molar-refractivity contribution < 1.29 is 19.4 Å². The van der Waals surface area contributed by atoms with Gasteiger partial charge < -0.3 is 19.9 Å². The summed E-state index contributed by atoms with van der Waals surface area (Å²) < 4.78 is 13.3. The number of nitrogens with zero attached hydrogens (tertiary/aromatic N) is 1. The van der Waals surface area contributed by atoms with Gasteiger partial charge in [-0.05, 0) is 53.4 Å². The first-order valence-corrected chi connectivity index (χ1v) is 13.7. The molecule has 2 saturated heterocycles. The highest BCUT2D eigenvalue weighted by molar-refractivity contribution is 5.88. The summed E-state index contributed by atoms with van der Waals surface area (Å²) >= 11 is 0. The van der Waals surface area contributed by atoms with Crippen LogP contribution in [0.3, 0.4) is 0 Å². The molecule has 37 heavy (non-hydrogen) atoms. The Balaban J connectivity index is 1.42. The zero-order valence-electron chi connectivity index (χ0n) is 22.9. The highest BCUT2D eigenvalue weighted by Crippen LogP contribution is 2.53. The Bertz CT molecular complexity index is 1120. The highest BCUT2D eigenvalue weighted by Gasteiger charge is 2.51. The lowest BCUT2D eigenvalue weighted by Crippen LogP contribution is -2.46. The van der Waals surface area contributed by atoms with E-state index in [1.165, 1.54) is 26.2 Å². The molecule has 3 aliphatic rings. The first kappa shape index (κ1) is 26.4. The fourth-order valence-corrected chi connectivity index (χ4v) is 7.32. The summed E-state index contributed by atoms with van der Waals surface area (Å²) in [6.07, 6.45) is 3.09. The van der Waals surface area contributed by atoms with Gasteiger partial charge in [-0.3, -0.25) is 9.69 Å². The third-order valence-corrected chi connectivity index (χ3v) is 8.54. The number of aliphatic hydroxyl groups is 1. The summed E-state index contributed by atoms with van der Waals surface area (Å²) in [4.78, 5) is 14.3. The molecule has 1 amide bonds. The minimum Gasteiger partial charge on any atom is -0.392 e. The Kier molecular flexibility index (Phi) is 7.22. The summed E-state index contributed by atoms with van der Waals surface area (Å²) in [5.41, 5.74) is 4.35. The van der Waals surface area contributed by atoms with Crippen molar-refractivity contribution in [3.05, 3.63) is 65.2 Å². The van der Waals surface area contributed by atoms with Gasteiger partial charge in [-0.15, -0.1) is 0 Å². The van der Waals surface area contributed by atoms with Crippen LogP contribution >= 0.6 is 0 Å². The van der Waals surface area contributed by atoms with Crippen LogP contribution in [0.1, 0.15) is 83.0 Å². The summed E-state index contributed by atoms with van der Waals surface area (Å²) in [5.74, 6) is 0.0450. The average molecular weight is 507 g/mol. The van der Waals surface area contributed by atoms with E-state index in [4.69, 9.17) is 9.47 Å². The van der Waals surface area contributed by atoms with Gasteiger partial charge in [-0.2, -0.15) is 0 Å². The summed E-state index contributed by atoms with van der Waals surface area (Å²) in [7, 11) is 0. The zero-order chi connectivity index (χ0) is 26.4. The van der Waals surface area contributed by atoms with Gasteiger partial charge in [-0.25, -0.2) is 0 Å². The van der Waals surface area contributed by atoms with Crippen molar-refractivity contribution in [1.29, 1.82) is 0 Å². The minimum atomic E-state index is -0.536. The predicted octanol–water partition coefficient (Wildman–Crippen LogP) is 5.83. The topological polar surface area (TPSA) is 71.0 Å². The van der Waals surface area contributed by atoms with Crippen LogP contribution in [0.5, 0.6) is 0 Å². The van der Waals surface area contributed by atoms with Crippen LogP contribution in [-0.2, 0) is 20.9 Å². The lowest BCUT2D eigenvalue weighted by atomic mass is 9.65. The second-order valence-corrected chi connectivity index (χ2v) is 12.8. The van der Waals surface area contributed by atoms with Gasteiger partial charge in [0.15, 0.2) is 6.29 Å². The molecular formula is C31H42N2O4. The van der Waals surface area contributed by atoms with Crippen LogP contribution in [0.25, 0.3) is 0 Å². The minimum absolute atomic E-state index is 0.00301. The Hall–Kier alpha value is -2.25. The van der Waals surface area contributed by atoms with E-state index in [1.807, 2.05) is 36.4 Å². The van der Waals surface area contributed by atoms with Gasteiger partial charge in [0, 0.05) is 43.2 Å². The fourth-order valence-electron chi connectivity index (χ4n) is 7.32. The van der Waals surface area contributed by atoms with Crippen LogP contribution in [0, 0.1) is 16.7 Å². The number of likely N-dealkylation sites (tertiary alicyclic amines) is 1. The molecule has 2 aromatic rings.